The number of aromatic nitrogens is 3. The Bertz CT molecular complexity index is 473. The van der Waals surface area contributed by atoms with Gasteiger partial charge in [0.2, 0.25) is 0 Å². The smallest absolute Gasteiger partial charge is 0.317 e. The molecule has 2 N–H and O–H groups in total. The molecular weight excluding hydrogens is 262 g/mol. The van der Waals surface area contributed by atoms with E-state index in [1.54, 1.807) is 11.2 Å². The molecule has 2 rings (SSSR count). The number of hydrogen-bond acceptors (Lipinski definition) is 4. The lowest BCUT2D eigenvalue weighted by Crippen LogP contribution is -2.44. The second-order valence-electron chi connectivity index (χ2n) is 4.80. The van der Waals surface area contributed by atoms with E-state index in [0.717, 1.165) is 18.7 Å². The van der Waals surface area contributed by atoms with E-state index in [1.165, 1.54) is 0 Å². The highest BCUT2D eigenvalue weighted by Crippen LogP contribution is 2.08. The number of urea groups is 1. The van der Waals surface area contributed by atoms with Crippen LogP contribution >= 0.6 is 0 Å². The van der Waals surface area contributed by atoms with Crippen molar-refractivity contribution >= 4 is 12.0 Å². The van der Waals surface area contributed by atoms with Crippen LogP contribution in [0.5, 0.6) is 0 Å². The summed E-state index contributed by atoms with van der Waals surface area (Å²) in [6, 6.07) is -0.0996. The van der Waals surface area contributed by atoms with E-state index in [2.05, 4.69) is 15.5 Å². The normalized spacial score (nSPS) is 13.9. The van der Waals surface area contributed by atoms with Crippen molar-refractivity contribution in [2.24, 2.45) is 0 Å². The summed E-state index contributed by atoms with van der Waals surface area (Å²) in [4.78, 5) is 24.0. The topological polar surface area (TPSA) is 100 Å². The van der Waals surface area contributed by atoms with Crippen molar-refractivity contribution < 1.29 is 14.7 Å². The average molecular weight is 281 g/mol. The SMILES string of the molecule is O=C(O)CCCCCNC(=O)N1CCn2cnnc2C1. The van der Waals surface area contributed by atoms with Crippen LogP contribution in [0.1, 0.15) is 31.5 Å². The second-order valence-corrected chi connectivity index (χ2v) is 4.80. The summed E-state index contributed by atoms with van der Waals surface area (Å²) in [5.41, 5.74) is 0. The van der Waals surface area contributed by atoms with Crippen LogP contribution in [0.25, 0.3) is 0 Å². The Morgan fingerprint density at radius 1 is 1.30 bits per heavy atom. The van der Waals surface area contributed by atoms with E-state index in [-0.39, 0.29) is 12.5 Å². The van der Waals surface area contributed by atoms with Crippen LogP contribution in [0.15, 0.2) is 6.33 Å². The van der Waals surface area contributed by atoms with Gasteiger partial charge in [-0.1, -0.05) is 6.42 Å². The van der Waals surface area contributed by atoms with Gasteiger partial charge in [-0.25, -0.2) is 4.79 Å². The summed E-state index contributed by atoms with van der Waals surface area (Å²) in [6.45, 7) is 2.41. The fraction of sp³-hybridized carbons (Fsp3) is 0.667. The first kappa shape index (κ1) is 14.3. The van der Waals surface area contributed by atoms with Gasteiger partial charge in [0.15, 0.2) is 5.82 Å². The molecule has 0 bridgehead atoms. The number of nitrogens with zero attached hydrogens (tertiary/aromatic N) is 4. The number of unbranched alkanes of at least 4 members (excludes halogenated alkanes) is 2. The number of carboxylic acid groups (broad SMARTS) is 1. The first-order chi connectivity index (χ1) is 9.66. The van der Waals surface area contributed by atoms with E-state index in [0.29, 0.717) is 32.6 Å². The van der Waals surface area contributed by atoms with Crippen molar-refractivity contribution in [3.8, 4) is 0 Å². The monoisotopic (exact) mass is 281 g/mol. The summed E-state index contributed by atoms with van der Waals surface area (Å²) in [7, 11) is 0. The number of aliphatic carboxylic acids is 1. The third-order valence-corrected chi connectivity index (χ3v) is 3.27. The van der Waals surface area contributed by atoms with Crippen LogP contribution < -0.4 is 5.32 Å². The van der Waals surface area contributed by atoms with Gasteiger partial charge in [0.1, 0.15) is 6.33 Å². The van der Waals surface area contributed by atoms with Crippen LogP contribution in [0.3, 0.4) is 0 Å². The van der Waals surface area contributed by atoms with Crippen molar-refractivity contribution in [2.75, 3.05) is 13.1 Å². The van der Waals surface area contributed by atoms with Crippen molar-refractivity contribution in [1.82, 2.24) is 25.0 Å². The molecule has 0 aliphatic carbocycles. The van der Waals surface area contributed by atoms with Gasteiger partial charge in [0.25, 0.3) is 0 Å². The standard InChI is InChI=1S/C12H19N5O3/c18-11(19)4-2-1-3-5-13-12(20)16-6-7-17-9-14-15-10(17)8-16/h9H,1-8H2,(H,13,20)(H,18,19). The lowest BCUT2D eigenvalue weighted by molar-refractivity contribution is -0.137. The number of carboxylic acids is 1. The quantitative estimate of drug-likeness (QED) is 0.737. The predicted octanol–water partition coefficient (Wildman–Crippen LogP) is 0.448. The zero-order valence-electron chi connectivity index (χ0n) is 11.3. The minimum Gasteiger partial charge on any atom is -0.481 e. The third kappa shape index (κ3) is 3.94. The average Bonchev–Trinajstić information content (AvgIpc) is 2.89. The molecule has 0 atom stereocenters. The van der Waals surface area contributed by atoms with Crippen LogP contribution in [-0.4, -0.2) is 49.9 Å². The maximum atomic E-state index is 11.9. The molecule has 20 heavy (non-hydrogen) atoms. The van der Waals surface area contributed by atoms with Crippen molar-refractivity contribution in [3.05, 3.63) is 12.2 Å². The fourth-order valence-corrected chi connectivity index (χ4v) is 2.12. The Morgan fingerprint density at radius 3 is 2.95 bits per heavy atom. The van der Waals surface area contributed by atoms with Gasteiger partial charge >= 0.3 is 12.0 Å². The van der Waals surface area contributed by atoms with Crippen molar-refractivity contribution in [1.29, 1.82) is 0 Å². The second kappa shape index (κ2) is 6.88. The molecule has 8 nitrogen and oxygen atoms in total. The molecule has 0 saturated heterocycles. The first-order valence-corrected chi connectivity index (χ1v) is 6.78. The Kier molecular flexibility index (Phi) is 4.91. The van der Waals surface area contributed by atoms with E-state index < -0.39 is 5.97 Å². The molecule has 1 aliphatic heterocycles. The zero-order chi connectivity index (χ0) is 14.4. The highest BCUT2D eigenvalue weighted by atomic mass is 16.4. The molecule has 1 aliphatic rings. The Balaban J connectivity index is 1.62. The minimum absolute atomic E-state index is 0.0996. The zero-order valence-corrected chi connectivity index (χ0v) is 11.3. The molecule has 0 fully saturated rings. The summed E-state index contributed by atoms with van der Waals surface area (Å²) >= 11 is 0. The van der Waals surface area contributed by atoms with E-state index >= 15 is 0 Å². The lowest BCUT2D eigenvalue weighted by Gasteiger charge is -2.27. The minimum atomic E-state index is -0.772. The van der Waals surface area contributed by atoms with E-state index in [9.17, 15) is 9.59 Å². The fourth-order valence-electron chi connectivity index (χ4n) is 2.12. The molecule has 0 saturated carbocycles. The molecular formula is C12H19N5O3. The molecule has 110 valence electrons. The van der Waals surface area contributed by atoms with Gasteiger partial charge in [-0.3, -0.25) is 4.79 Å². The number of carbonyl (C=O) groups excluding carboxylic acids is 1. The molecule has 2 amide bonds. The molecule has 0 aromatic carbocycles. The Hall–Kier alpha value is -2.12. The lowest BCUT2D eigenvalue weighted by atomic mass is 10.2. The number of fused-ring (bicyclic) bond motifs is 1. The molecule has 1 aromatic heterocycles. The van der Waals surface area contributed by atoms with Gasteiger partial charge in [0, 0.05) is 26.1 Å². The highest BCUT2D eigenvalue weighted by Gasteiger charge is 2.21. The molecule has 0 unspecified atom stereocenters. The first-order valence-electron chi connectivity index (χ1n) is 6.78. The van der Waals surface area contributed by atoms with E-state index in [4.69, 9.17) is 5.11 Å². The molecule has 0 spiro atoms. The number of hydrogen-bond donors (Lipinski definition) is 2. The maximum Gasteiger partial charge on any atom is 0.317 e. The van der Waals surface area contributed by atoms with Gasteiger partial charge in [0.05, 0.1) is 6.54 Å². The number of nitrogens with one attached hydrogen (secondary N) is 1. The van der Waals surface area contributed by atoms with Crippen LogP contribution in [0.4, 0.5) is 4.79 Å². The van der Waals surface area contributed by atoms with Gasteiger partial charge in [-0.15, -0.1) is 10.2 Å². The summed E-state index contributed by atoms with van der Waals surface area (Å²) in [6.07, 6.45) is 4.12. The van der Waals surface area contributed by atoms with Crippen LogP contribution in [-0.2, 0) is 17.9 Å². The third-order valence-electron chi connectivity index (χ3n) is 3.27. The molecule has 2 heterocycles. The number of rotatable bonds is 6. The molecule has 8 heteroatoms. The van der Waals surface area contributed by atoms with Crippen LogP contribution in [0.2, 0.25) is 0 Å². The highest BCUT2D eigenvalue weighted by molar-refractivity contribution is 5.74. The summed E-state index contributed by atoms with van der Waals surface area (Å²) in [5, 5.41) is 19.1. The van der Waals surface area contributed by atoms with Gasteiger partial charge in [-0.2, -0.15) is 0 Å². The molecule has 1 aromatic rings. The van der Waals surface area contributed by atoms with Gasteiger partial charge < -0.3 is 19.9 Å². The van der Waals surface area contributed by atoms with Crippen LogP contribution in [0, 0.1) is 0 Å². The Morgan fingerprint density at radius 2 is 2.15 bits per heavy atom. The Labute approximate surface area is 116 Å². The number of carbonyl (C=O) groups is 2. The van der Waals surface area contributed by atoms with E-state index in [1.807, 2.05) is 4.57 Å². The van der Waals surface area contributed by atoms with Gasteiger partial charge in [-0.05, 0) is 12.8 Å². The predicted molar refractivity (Wildman–Crippen MR) is 69.9 cm³/mol. The number of amides is 2. The van der Waals surface area contributed by atoms with Crippen molar-refractivity contribution in [2.45, 2.75) is 38.8 Å². The van der Waals surface area contributed by atoms with Crippen molar-refractivity contribution in [3.63, 3.8) is 0 Å². The largest absolute Gasteiger partial charge is 0.481 e. The maximum absolute atomic E-state index is 11.9. The molecule has 0 radical (unpaired) electrons. The summed E-state index contributed by atoms with van der Waals surface area (Å²) < 4.78 is 1.94. The summed E-state index contributed by atoms with van der Waals surface area (Å²) in [5.74, 6) is 0.0272.